The van der Waals surface area contributed by atoms with E-state index in [1.54, 1.807) is 6.42 Å². The topological polar surface area (TPSA) is 69.9 Å². The lowest BCUT2D eigenvalue weighted by molar-refractivity contribution is -0.364. The molecule has 1 rings (SSSR count). The Morgan fingerprint density at radius 2 is 2.30 bits per heavy atom. The van der Waals surface area contributed by atoms with Crippen molar-refractivity contribution in [1.82, 2.24) is 0 Å². The van der Waals surface area contributed by atoms with Crippen LogP contribution in [0.15, 0.2) is 0 Å². The van der Waals surface area contributed by atoms with Gasteiger partial charge in [0.2, 0.25) is 0 Å². The van der Waals surface area contributed by atoms with Crippen molar-refractivity contribution in [3.8, 4) is 0 Å². The molecule has 4 nitrogen and oxygen atoms in total. The maximum absolute atomic E-state index is 8.88. The van der Waals surface area contributed by atoms with Crippen molar-refractivity contribution < 1.29 is 20.1 Å². The normalized spacial score (nSPS) is 32.1. The van der Waals surface area contributed by atoms with E-state index in [0.29, 0.717) is 6.42 Å². The highest BCUT2D eigenvalue weighted by molar-refractivity contribution is 4.83. The molecular formula is C6H11O4. The highest BCUT2D eigenvalue weighted by Crippen LogP contribution is 2.22. The average molecular weight is 147 g/mol. The van der Waals surface area contributed by atoms with E-state index >= 15 is 0 Å². The van der Waals surface area contributed by atoms with Crippen LogP contribution in [0.1, 0.15) is 12.8 Å². The van der Waals surface area contributed by atoms with E-state index in [2.05, 4.69) is 4.74 Å². The summed E-state index contributed by atoms with van der Waals surface area (Å²) in [6.45, 7) is -0.205. The summed E-state index contributed by atoms with van der Waals surface area (Å²) in [6, 6.07) is 0. The molecule has 1 radical (unpaired) electrons. The molecule has 1 aliphatic heterocycles. The Labute approximate surface area is 59.1 Å². The Morgan fingerprint density at radius 1 is 1.60 bits per heavy atom. The fourth-order valence-electron chi connectivity index (χ4n) is 0.919. The van der Waals surface area contributed by atoms with Crippen LogP contribution >= 0.6 is 0 Å². The maximum atomic E-state index is 8.88. The van der Waals surface area contributed by atoms with Gasteiger partial charge in [-0.2, -0.15) is 0 Å². The van der Waals surface area contributed by atoms with Crippen LogP contribution in [0.5, 0.6) is 0 Å². The molecule has 4 heteroatoms. The fraction of sp³-hybridized carbons (Fsp3) is 0.833. The van der Waals surface area contributed by atoms with E-state index in [-0.39, 0.29) is 13.0 Å². The molecule has 0 bridgehead atoms. The summed E-state index contributed by atoms with van der Waals surface area (Å²) in [7, 11) is 0. The number of aliphatic hydroxyl groups excluding tert-OH is 1. The summed E-state index contributed by atoms with van der Waals surface area (Å²) < 4.78 is 4.63. The van der Waals surface area contributed by atoms with Gasteiger partial charge in [0.25, 0.3) is 5.97 Å². The Morgan fingerprint density at radius 3 is 2.70 bits per heavy atom. The summed E-state index contributed by atoms with van der Waals surface area (Å²) in [5.74, 6) is -2.04. The molecule has 0 amide bonds. The Balaban J connectivity index is 2.40. The van der Waals surface area contributed by atoms with Gasteiger partial charge in [0.1, 0.15) is 0 Å². The monoisotopic (exact) mass is 147 g/mol. The van der Waals surface area contributed by atoms with E-state index in [9.17, 15) is 0 Å². The lowest BCUT2D eigenvalue weighted by Crippen LogP contribution is -2.41. The molecule has 0 aromatic rings. The van der Waals surface area contributed by atoms with Gasteiger partial charge in [-0.25, -0.2) is 0 Å². The molecule has 0 aromatic carbocycles. The molecule has 0 aliphatic carbocycles. The first-order chi connectivity index (χ1) is 4.64. The first-order valence-electron chi connectivity index (χ1n) is 3.21. The third-order valence-corrected chi connectivity index (χ3v) is 1.42. The standard InChI is InChI=1S/C6H11O4/c7-4-5-2-1-3-6(8,9)10-5/h2,5,7-9H,1,3-4H2. The van der Waals surface area contributed by atoms with Gasteiger partial charge in [0, 0.05) is 6.42 Å². The van der Waals surface area contributed by atoms with E-state index in [1.807, 2.05) is 0 Å². The van der Waals surface area contributed by atoms with Crippen molar-refractivity contribution >= 4 is 0 Å². The Bertz CT molecular complexity index is 112. The van der Waals surface area contributed by atoms with Gasteiger partial charge >= 0.3 is 0 Å². The highest BCUT2D eigenvalue weighted by Gasteiger charge is 2.32. The van der Waals surface area contributed by atoms with Crippen molar-refractivity contribution in [3.05, 3.63) is 6.42 Å². The second kappa shape index (κ2) is 2.84. The minimum absolute atomic E-state index is 0.170. The highest BCUT2D eigenvalue weighted by atomic mass is 16.8. The van der Waals surface area contributed by atoms with E-state index < -0.39 is 12.1 Å². The molecule has 3 N–H and O–H groups in total. The summed E-state index contributed by atoms with van der Waals surface area (Å²) >= 11 is 0. The number of hydrogen-bond acceptors (Lipinski definition) is 4. The largest absolute Gasteiger partial charge is 0.394 e. The smallest absolute Gasteiger partial charge is 0.278 e. The molecule has 1 atom stereocenters. The molecule has 10 heavy (non-hydrogen) atoms. The van der Waals surface area contributed by atoms with Crippen LogP contribution < -0.4 is 0 Å². The molecule has 0 saturated carbocycles. The quantitative estimate of drug-likeness (QED) is 0.416. The lowest BCUT2D eigenvalue weighted by atomic mass is 10.1. The zero-order valence-electron chi connectivity index (χ0n) is 5.53. The molecule has 1 heterocycles. The van der Waals surface area contributed by atoms with E-state index in [4.69, 9.17) is 15.3 Å². The number of rotatable bonds is 1. The van der Waals surface area contributed by atoms with Crippen molar-refractivity contribution in [1.29, 1.82) is 0 Å². The SMILES string of the molecule is OCC1[CH]CCC(O)(O)O1. The van der Waals surface area contributed by atoms with Crippen LogP contribution in [0.25, 0.3) is 0 Å². The van der Waals surface area contributed by atoms with Gasteiger partial charge in [-0.3, -0.25) is 0 Å². The molecule has 1 aliphatic rings. The molecule has 0 spiro atoms. The van der Waals surface area contributed by atoms with Crippen LogP contribution in [0.4, 0.5) is 0 Å². The molecule has 1 saturated heterocycles. The molecule has 0 aromatic heterocycles. The van der Waals surface area contributed by atoms with Gasteiger partial charge in [0.15, 0.2) is 0 Å². The molecule has 1 fully saturated rings. The van der Waals surface area contributed by atoms with Crippen molar-refractivity contribution in [2.45, 2.75) is 24.9 Å². The lowest BCUT2D eigenvalue weighted by Gasteiger charge is -2.31. The fourth-order valence-corrected chi connectivity index (χ4v) is 0.919. The molecule has 1 unspecified atom stereocenters. The summed E-state index contributed by atoms with van der Waals surface area (Å²) in [4.78, 5) is 0. The van der Waals surface area contributed by atoms with Gasteiger partial charge < -0.3 is 20.1 Å². The zero-order chi connectivity index (χ0) is 7.61. The summed E-state index contributed by atoms with van der Waals surface area (Å²) in [5, 5.41) is 26.3. The Hall–Kier alpha value is -0.160. The minimum Gasteiger partial charge on any atom is -0.394 e. The third kappa shape index (κ3) is 1.91. The Kier molecular flexibility index (Phi) is 2.25. The van der Waals surface area contributed by atoms with Crippen LogP contribution in [0.2, 0.25) is 0 Å². The number of aliphatic hydroxyl groups is 3. The predicted octanol–water partition coefficient (Wildman–Crippen LogP) is -1.000. The second-order valence-electron chi connectivity index (χ2n) is 2.36. The van der Waals surface area contributed by atoms with Gasteiger partial charge in [-0.05, 0) is 12.8 Å². The second-order valence-corrected chi connectivity index (χ2v) is 2.36. The van der Waals surface area contributed by atoms with E-state index in [1.165, 1.54) is 0 Å². The first kappa shape index (κ1) is 7.94. The van der Waals surface area contributed by atoms with Gasteiger partial charge in [-0.1, -0.05) is 0 Å². The van der Waals surface area contributed by atoms with Crippen LogP contribution in [-0.2, 0) is 4.74 Å². The van der Waals surface area contributed by atoms with Crippen LogP contribution in [0, 0.1) is 6.42 Å². The molecule has 59 valence electrons. The maximum Gasteiger partial charge on any atom is 0.278 e. The van der Waals surface area contributed by atoms with Gasteiger partial charge in [-0.15, -0.1) is 0 Å². The van der Waals surface area contributed by atoms with Gasteiger partial charge in [0.05, 0.1) is 12.7 Å². The van der Waals surface area contributed by atoms with Crippen molar-refractivity contribution in [2.75, 3.05) is 6.61 Å². The minimum atomic E-state index is -2.04. The number of ether oxygens (including phenoxy) is 1. The first-order valence-corrected chi connectivity index (χ1v) is 3.21. The summed E-state index contributed by atoms with van der Waals surface area (Å²) in [6.07, 6.45) is 1.90. The van der Waals surface area contributed by atoms with Crippen molar-refractivity contribution in [2.24, 2.45) is 0 Å². The van der Waals surface area contributed by atoms with E-state index in [0.717, 1.165) is 0 Å². The van der Waals surface area contributed by atoms with Crippen molar-refractivity contribution in [3.63, 3.8) is 0 Å². The third-order valence-electron chi connectivity index (χ3n) is 1.42. The van der Waals surface area contributed by atoms with Crippen LogP contribution in [-0.4, -0.2) is 34.0 Å². The molecular weight excluding hydrogens is 136 g/mol. The average Bonchev–Trinajstić information content (AvgIpc) is 1.86. The predicted molar refractivity (Wildman–Crippen MR) is 32.7 cm³/mol. The zero-order valence-corrected chi connectivity index (χ0v) is 5.53. The van der Waals surface area contributed by atoms with Crippen LogP contribution in [0.3, 0.4) is 0 Å². The summed E-state index contributed by atoms with van der Waals surface area (Å²) in [5.41, 5.74) is 0. The number of hydrogen-bond donors (Lipinski definition) is 3.